The Kier molecular flexibility index (Phi) is 3.64. The van der Waals surface area contributed by atoms with Gasteiger partial charge in [-0.05, 0) is 24.2 Å². The first-order valence-corrected chi connectivity index (χ1v) is 5.75. The van der Waals surface area contributed by atoms with E-state index in [9.17, 15) is 9.59 Å². The Labute approximate surface area is 100 Å². The summed E-state index contributed by atoms with van der Waals surface area (Å²) in [5, 5.41) is 22.7. The van der Waals surface area contributed by atoms with Crippen LogP contribution in [0.1, 0.15) is 40.0 Å². The van der Waals surface area contributed by atoms with Gasteiger partial charge in [0.1, 0.15) is 5.78 Å². The molecule has 5 heteroatoms. The van der Waals surface area contributed by atoms with Gasteiger partial charge in [-0.15, -0.1) is 0 Å². The average Bonchev–Trinajstić information content (AvgIpc) is 2.51. The van der Waals surface area contributed by atoms with Crippen LogP contribution in [0.2, 0.25) is 0 Å². The molecule has 2 bridgehead atoms. The van der Waals surface area contributed by atoms with Gasteiger partial charge in [-0.25, -0.2) is 4.79 Å². The number of aliphatic hydroxyl groups excluding tert-OH is 1. The van der Waals surface area contributed by atoms with Crippen molar-refractivity contribution in [3.8, 4) is 0 Å². The summed E-state index contributed by atoms with van der Waals surface area (Å²) in [7, 11) is 0. The zero-order valence-corrected chi connectivity index (χ0v) is 10.4. The van der Waals surface area contributed by atoms with Crippen molar-refractivity contribution in [1.29, 1.82) is 0 Å². The normalized spacial score (nSPS) is 33.5. The van der Waals surface area contributed by atoms with Crippen molar-refractivity contribution in [3.05, 3.63) is 0 Å². The minimum Gasteiger partial charge on any atom is -0.477 e. The Morgan fingerprint density at radius 1 is 1.35 bits per heavy atom. The summed E-state index contributed by atoms with van der Waals surface area (Å²) in [4.78, 5) is 20.8. The van der Waals surface area contributed by atoms with E-state index in [1.165, 1.54) is 6.42 Å². The average molecular weight is 244 g/mol. The number of hydrogen-bond acceptors (Lipinski definition) is 4. The van der Waals surface area contributed by atoms with Gasteiger partial charge in [-0.1, -0.05) is 20.8 Å². The van der Waals surface area contributed by atoms with Gasteiger partial charge < -0.3 is 15.3 Å². The van der Waals surface area contributed by atoms with Crippen molar-refractivity contribution >= 4 is 11.8 Å². The molecular weight excluding hydrogens is 224 g/mol. The molecule has 2 aliphatic rings. The van der Waals surface area contributed by atoms with Crippen LogP contribution in [0.3, 0.4) is 0 Å². The van der Waals surface area contributed by atoms with Crippen LogP contribution in [-0.2, 0) is 9.59 Å². The van der Waals surface area contributed by atoms with Crippen LogP contribution in [0, 0.1) is 16.7 Å². The number of carbonyl (C=O) groups is 2. The molecule has 0 aromatic carbocycles. The fourth-order valence-corrected chi connectivity index (χ4v) is 2.90. The molecule has 2 fully saturated rings. The third kappa shape index (κ3) is 2.21. The van der Waals surface area contributed by atoms with E-state index in [1.807, 2.05) is 0 Å². The Morgan fingerprint density at radius 2 is 1.82 bits per heavy atom. The highest BCUT2D eigenvalue weighted by atomic mass is 16.5. The molecule has 3 N–H and O–H groups in total. The SMILES string of the molecule is CC12CCC(CC1=O)C2(C)C.O=C(O)C(O)O. The zero-order chi connectivity index (χ0) is 13.4. The van der Waals surface area contributed by atoms with Crippen LogP contribution < -0.4 is 0 Å². The highest BCUT2D eigenvalue weighted by Crippen LogP contribution is 2.63. The summed E-state index contributed by atoms with van der Waals surface area (Å²) >= 11 is 0. The molecule has 0 amide bonds. The van der Waals surface area contributed by atoms with E-state index >= 15 is 0 Å². The lowest BCUT2D eigenvalue weighted by Gasteiger charge is -2.32. The van der Waals surface area contributed by atoms with Crippen LogP contribution >= 0.6 is 0 Å². The molecule has 0 aromatic rings. The van der Waals surface area contributed by atoms with Crippen LogP contribution in [0.15, 0.2) is 0 Å². The summed E-state index contributed by atoms with van der Waals surface area (Å²) in [5.74, 6) is -0.436. The molecule has 2 atom stereocenters. The summed E-state index contributed by atoms with van der Waals surface area (Å²) in [6, 6.07) is 0. The number of carbonyl (C=O) groups excluding carboxylic acids is 1. The maximum absolute atomic E-state index is 11.6. The Hall–Kier alpha value is -0.940. The van der Waals surface area contributed by atoms with E-state index in [0.717, 1.165) is 12.8 Å². The maximum atomic E-state index is 11.6. The summed E-state index contributed by atoms with van der Waals surface area (Å²) in [6.07, 6.45) is 1.02. The molecule has 0 spiro atoms. The molecule has 0 heterocycles. The number of aliphatic hydroxyl groups is 2. The van der Waals surface area contributed by atoms with E-state index < -0.39 is 12.3 Å². The Bertz CT molecular complexity index is 334. The highest BCUT2D eigenvalue weighted by Gasteiger charge is 2.61. The molecule has 0 aromatic heterocycles. The molecule has 98 valence electrons. The van der Waals surface area contributed by atoms with E-state index in [-0.39, 0.29) is 10.8 Å². The predicted octanol–water partition coefficient (Wildman–Crippen LogP) is 0.783. The standard InChI is InChI=1S/C10H16O.C2H4O4/c1-9(2)7-4-5-10(9,3)8(11)6-7;3-1(4)2(5)6/h7H,4-6H2,1-3H3;1,3-4H,(H,5,6). The van der Waals surface area contributed by atoms with Crippen molar-refractivity contribution in [2.24, 2.45) is 16.7 Å². The number of carboxylic acid groups (broad SMARTS) is 1. The highest BCUT2D eigenvalue weighted by molar-refractivity contribution is 5.89. The molecule has 2 rings (SSSR count). The van der Waals surface area contributed by atoms with Gasteiger partial charge in [0, 0.05) is 11.8 Å². The molecule has 0 radical (unpaired) electrons. The lowest BCUT2D eigenvalue weighted by Crippen LogP contribution is -2.32. The van der Waals surface area contributed by atoms with E-state index in [2.05, 4.69) is 20.8 Å². The van der Waals surface area contributed by atoms with Crippen molar-refractivity contribution in [2.75, 3.05) is 0 Å². The fourth-order valence-electron chi connectivity index (χ4n) is 2.90. The van der Waals surface area contributed by atoms with Crippen LogP contribution in [0.5, 0.6) is 0 Å². The molecule has 2 unspecified atom stereocenters. The maximum Gasteiger partial charge on any atom is 0.360 e. The Morgan fingerprint density at radius 3 is 1.94 bits per heavy atom. The second-order valence-corrected chi connectivity index (χ2v) is 5.63. The quantitative estimate of drug-likeness (QED) is 0.593. The van der Waals surface area contributed by atoms with Crippen LogP contribution in [0.4, 0.5) is 0 Å². The van der Waals surface area contributed by atoms with Crippen LogP contribution in [0.25, 0.3) is 0 Å². The van der Waals surface area contributed by atoms with E-state index in [0.29, 0.717) is 11.7 Å². The van der Waals surface area contributed by atoms with Crippen molar-refractivity contribution in [3.63, 3.8) is 0 Å². The largest absolute Gasteiger partial charge is 0.477 e. The number of carboxylic acids is 1. The fraction of sp³-hybridized carbons (Fsp3) is 0.833. The smallest absolute Gasteiger partial charge is 0.360 e. The van der Waals surface area contributed by atoms with Gasteiger partial charge in [-0.2, -0.15) is 0 Å². The number of ketones is 1. The van der Waals surface area contributed by atoms with Gasteiger partial charge in [0.25, 0.3) is 6.29 Å². The minimum atomic E-state index is -2.23. The van der Waals surface area contributed by atoms with E-state index in [1.54, 1.807) is 0 Å². The van der Waals surface area contributed by atoms with Crippen molar-refractivity contribution in [1.82, 2.24) is 0 Å². The molecule has 2 aliphatic carbocycles. The molecule has 5 nitrogen and oxygen atoms in total. The van der Waals surface area contributed by atoms with Crippen molar-refractivity contribution < 1.29 is 24.9 Å². The topological polar surface area (TPSA) is 94.8 Å². The molecular formula is C12H20O5. The first-order valence-electron chi connectivity index (χ1n) is 5.75. The molecule has 0 saturated heterocycles. The van der Waals surface area contributed by atoms with Crippen LogP contribution in [-0.4, -0.2) is 33.4 Å². The van der Waals surface area contributed by atoms with Gasteiger partial charge in [-0.3, -0.25) is 4.79 Å². The monoisotopic (exact) mass is 244 g/mol. The number of fused-ring (bicyclic) bond motifs is 2. The summed E-state index contributed by atoms with van der Waals surface area (Å²) < 4.78 is 0. The Balaban J connectivity index is 0.000000209. The molecule has 17 heavy (non-hydrogen) atoms. The molecule has 0 aliphatic heterocycles. The lowest BCUT2D eigenvalue weighted by atomic mass is 9.70. The third-order valence-corrected chi connectivity index (χ3v) is 4.70. The van der Waals surface area contributed by atoms with Gasteiger partial charge in [0.15, 0.2) is 0 Å². The number of aliphatic carboxylic acids is 1. The first kappa shape index (κ1) is 14.1. The predicted molar refractivity (Wildman–Crippen MR) is 60.1 cm³/mol. The number of rotatable bonds is 1. The summed E-state index contributed by atoms with van der Waals surface area (Å²) in [5.41, 5.74) is 0.307. The number of hydrogen-bond donors (Lipinski definition) is 3. The lowest BCUT2D eigenvalue weighted by molar-refractivity contribution is -0.165. The van der Waals surface area contributed by atoms with Crippen molar-refractivity contribution in [2.45, 2.75) is 46.3 Å². The third-order valence-electron chi connectivity index (χ3n) is 4.70. The van der Waals surface area contributed by atoms with Gasteiger partial charge in [0.2, 0.25) is 0 Å². The minimum absolute atomic E-state index is 0.0255. The zero-order valence-electron chi connectivity index (χ0n) is 10.4. The second-order valence-electron chi connectivity index (χ2n) is 5.63. The van der Waals surface area contributed by atoms with Gasteiger partial charge >= 0.3 is 5.97 Å². The summed E-state index contributed by atoms with van der Waals surface area (Å²) in [6.45, 7) is 6.67. The second kappa shape index (κ2) is 4.38. The van der Waals surface area contributed by atoms with Gasteiger partial charge in [0.05, 0.1) is 0 Å². The number of Topliss-reactive ketones (excluding diaryl/α,β-unsaturated/α-hetero) is 1. The van der Waals surface area contributed by atoms with E-state index in [4.69, 9.17) is 15.3 Å². The molecule has 2 saturated carbocycles. The first-order chi connectivity index (χ1) is 7.63.